The summed E-state index contributed by atoms with van der Waals surface area (Å²) in [5, 5.41) is 0. The molecule has 0 aliphatic heterocycles. The molecule has 0 bridgehead atoms. The van der Waals surface area contributed by atoms with Gasteiger partial charge in [-0.3, -0.25) is 9.59 Å². The molecule has 0 saturated heterocycles. The maximum Gasteiger partial charge on any atom is 0.163 e. The first-order valence-corrected chi connectivity index (χ1v) is 9.69. The van der Waals surface area contributed by atoms with E-state index in [0.29, 0.717) is 18.4 Å². The number of benzene rings is 3. The van der Waals surface area contributed by atoms with Crippen LogP contribution in [0.5, 0.6) is 0 Å². The van der Waals surface area contributed by atoms with Crippen molar-refractivity contribution in [3.8, 4) is 11.1 Å². The molecule has 0 amide bonds. The maximum atomic E-state index is 12.8. The quantitative estimate of drug-likeness (QED) is 0.501. The Kier molecular flexibility index (Phi) is 5.29. The van der Waals surface area contributed by atoms with Gasteiger partial charge in [0.15, 0.2) is 11.6 Å². The minimum Gasteiger partial charge on any atom is -0.295 e. The van der Waals surface area contributed by atoms with Crippen molar-refractivity contribution in [3.63, 3.8) is 0 Å². The van der Waals surface area contributed by atoms with Gasteiger partial charge in [0.2, 0.25) is 0 Å². The molecule has 0 saturated carbocycles. The second kappa shape index (κ2) is 8.18. The summed E-state index contributed by atoms with van der Waals surface area (Å²) < 4.78 is 0. The third kappa shape index (κ3) is 3.86. The summed E-state index contributed by atoms with van der Waals surface area (Å²) in [4.78, 5) is 25.3. The van der Waals surface area contributed by atoms with Gasteiger partial charge in [0.1, 0.15) is 0 Å². The molecule has 138 valence electrons. The summed E-state index contributed by atoms with van der Waals surface area (Å²) >= 11 is 0. The molecule has 0 fully saturated rings. The van der Waals surface area contributed by atoms with Gasteiger partial charge in [-0.1, -0.05) is 91.0 Å². The fourth-order valence-electron chi connectivity index (χ4n) is 3.83. The Morgan fingerprint density at radius 2 is 1.39 bits per heavy atom. The second-order valence-corrected chi connectivity index (χ2v) is 7.16. The van der Waals surface area contributed by atoms with Gasteiger partial charge in [-0.2, -0.15) is 0 Å². The van der Waals surface area contributed by atoms with Gasteiger partial charge in [0.25, 0.3) is 0 Å². The fraction of sp³-hybridized carbons (Fsp3) is 0.154. The number of rotatable bonds is 6. The van der Waals surface area contributed by atoms with Crippen molar-refractivity contribution in [1.82, 2.24) is 0 Å². The Balaban J connectivity index is 1.64. The number of carbonyl (C=O) groups is 2. The van der Waals surface area contributed by atoms with Gasteiger partial charge >= 0.3 is 0 Å². The standard InChI is InChI=1S/C26H22O2/c27-25-13-7-12-23(25)24(18-26(28)22-10-5-2-6-11-22)21-16-14-20(15-17-21)19-8-3-1-4-9-19/h1-6,8-12,14-17,24H,7,13,18H2. The van der Waals surface area contributed by atoms with Gasteiger partial charge in [-0.05, 0) is 28.7 Å². The molecule has 1 aliphatic rings. The van der Waals surface area contributed by atoms with Crippen molar-refractivity contribution in [1.29, 1.82) is 0 Å². The Hall–Kier alpha value is -3.26. The van der Waals surface area contributed by atoms with Crippen molar-refractivity contribution in [2.45, 2.75) is 25.2 Å². The predicted octanol–water partition coefficient (Wildman–Crippen LogP) is 6.00. The molecule has 0 spiro atoms. The number of Topliss-reactive ketones (excluding diaryl/α,β-unsaturated/α-hetero) is 2. The van der Waals surface area contributed by atoms with E-state index < -0.39 is 0 Å². The van der Waals surface area contributed by atoms with Crippen LogP contribution in [0.15, 0.2) is 96.6 Å². The van der Waals surface area contributed by atoms with E-state index in [2.05, 4.69) is 36.4 Å². The van der Waals surface area contributed by atoms with Crippen LogP contribution in [0.2, 0.25) is 0 Å². The molecule has 1 atom stereocenters. The molecule has 0 N–H and O–H groups in total. The minimum atomic E-state index is -0.187. The van der Waals surface area contributed by atoms with Crippen LogP contribution in [-0.4, -0.2) is 11.6 Å². The van der Waals surface area contributed by atoms with E-state index in [1.165, 1.54) is 0 Å². The normalized spacial score (nSPS) is 14.6. The Labute approximate surface area is 165 Å². The molecule has 2 nitrogen and oxygen atoms in total. The smallest absolute Gasteiger partial charge is 0.163 e. The molecule has 1 aliphatic carbocycles. The molecule has 1 unspecified atom stereocenters. The van der Waals surface area contributed by atoms with Crippen LogP contribution >= 0.6 is 0 Å². The summed E-state index contributed by atoms with van der Waals surface area (Å²) in [6.07, 6.45) is 3.64. The lowest BCUT2D eigenvalue weighted by Gasteiger charge is -2.18. The Bertz CT molecular complexity index is 999. The zero-order valence-electron chi connectivity index (χ0n) is 15.7. The van der Waals surface area contributed by atoms with E-state index in [0.717, 1.165) is 28.7 Å². The first kappa shape index (κ1) is 18.1. The first-order valence-electron chi connectivity index (χ1n) is 9.69. The van der Waals surface area contributed by atoms with Crippen LogP contribution in [0.25, 0.3) is 11.1 Å². The van der Waals surface area contributed by atoms with Crippen LogP contribution in [0, 0.1) is 0 Å². The van der Waals surface area contributed by atoms with Crippen LogP contribution in [-0.2, 0) is 4.79 Å². The molecule has 3 aromatic carbocycles. The predicted molar refractivity (Wildman–Crippen MR) is 112 cm³/mol. The summed E-state index contributed by atoms with van der Waals surface area (Å²) in [6.45, 7) is 0. The van der Waals surface area contributed by atoms with E-state index in [1.54, 1.807) is 0 Å². The number of ketones is 2. The van der Waals surface area contributed by atoms with Gasteiger partial charge < -0.3 is 0 Å². The number of allylic oxidation sites excluding steroid dienone is 2. The second-order valence-electron chi connectivity index (χ2n) is 7.16. The number of hydrogen-bond donors (Lipinski definition) is 0. The van der Waals surface area contributed by atoms with E-state index in [1.807, 2.05) is 54.6 Å². The van der Waals surface area contributed by atoms with Crippen molar-refractivity contribution < 1.29 is 9.59 Å². The molecule has 0 heterocycles. The lowest BCUT2D eigenvalue weighted by molar-refractivity contribution is -0.115. The van der Waals surface area contributed by atoms with Crippen molar-refractivity contribution in [2.75, 3.05) is 0 Å². The molecule has 3 aromatic rings. The topological polar surface area (TPSA) is 34.1 Å². The number of carbonyl (C=O) groups excluding carboxylic acids is 2. The molecule has 2 heteroatoms. The third-order valence-electron chi connectivity index (χ3n) is 5.34. The average molecular weight is 366 g/mol. The van der Waals surface area contributed by atoms with Crippen LogP contribution in [0.1, 0.15) is 41.1 Å². The highest BCUT2D eigenvalue weighted by atomic mass is 16.1. The zero-order chi connectivity index (χ0) is 19.3. The summed E-state index contributed by atoms with van der Waals surface area (Å²) in [7, 11) is 0. The van der Waals surface area contributed by atoms with Crippen LogP contribution in [0.3, 0.4) is 0 Å². The van der Waals surface area contributed by atoms with Crippen LogP contribution in [0.4, 0.5) is 0 Å². The number of hydrogen-bond acceptors (Lipinski definition) is 2. The highest BCUT2D eigenvalue weighted by molar-refractivity contribution is 6.02. The van der Waals surface area contributed by atoms with Gasteiger partial charge in [0.05, 0.1) is 0 Å². The van der Waals surface area contributed by atoms with Gasteiger partial charge in [-0.25, -0.2) is 0 Å². The summed E-state index contributed by atoms with van der Waals surface area (Å²) in [5.41, 5.74) is 4.79. The van der Waals surface area contributed by atoms with E-state index in [4.69, 9.17) is 0 Å². The molecule has 4 rings (SSSR count). The fourth-order valence-corrected chi connectivity index (χ4v) is 3.83. The zero-order valence-corrected chi connectivity index (χ0v) is 15.7. The molecule has 0 radical (unpaired) electrons. The minimum absolute atomic E-state index is 0.0679. The molecule has 0 aromatic heterocycles. The summed E-state index contributed by atoms with van der Waals surface area (Å²) in [5.74, 6) is 0.0452. The lowest BCUT2D eigenvalue weighted by Crippen LogP contribution is -2.13. The first-order chi connectivity index (χ1) is 13.7. The molecular formula is C26H22O2. The van der Waals surface area contributed by atoms with Crippen molar-refractivity contribution >= 4 is 11.6 Å². The highest BCUT2D eigenvalue weighted by Crippen LogP contribution is 2.35. The van der Waals surface area contributed by atoms with E-state index in [-0.39, 0.29) is 17.5 Å². The van der Waals surface area contributed by atoms with E-state index >= 15 is 0 Å². The maximum absolute atomic E-state index is 12.8. The van der Waals surface area contributed by atoms with Crippen molar-refractivity contribution in [3.05, 3.63) is 108 Å². The SMILES string of the molecule is O=C1CCC=C1C(CC(=O)c1ccccc1)c1ccc(-c2ccccc2)cc1. The van der Waals surface area contributed by atoms with Gasteiger partial charge in [0, 0.05) is 24.3 Å². The molecular weight excluding hydrogens is 344 g/mol. The average Bonchev–Trinajstić information content (AvgIpc) is 3.19. The lowest BCUT2D eigenvalue weighted by atomic mass is 9.84. The van der Waals surface area contributed by atoms with E-state index in [9.17, 15) is 9.59 Å². The highest BCUT2D eigenvalue weighted by Gasteiger charge is 2.27. The Morgan fingerprint density at radius 1 is 0.786 bits per heavy atom. The largest absolute Gasteiger partial charge is 0.295 e. The molecule has 28 heavy (non-hydrogen) atoms. The van der Waals surface area contributed by atoms with Gasteiger partial charge in [-0.15, -0.1) is 0 Å². The summed E-state index contributed by atoms with van der Waals surface area (Å²) in [6, 6.07) is 27.8. The monoisotopic (exact) mass is 366 g/mol. The van der Waals surface area contributed by atoms with Crippen molar-refractivity contribution in [2.24, 2.45) is 0 Å². The Morgan fingerprint density at radius 3 is 2.00 bits per heavy atom. The third-order valence-corrected chi connectivity index (χ3v) is 5.34. The van der Waals surface area contributed by atoms with Crippen LogP contribution < -0.4 is 0 Å².